The first-order valence-electron chi connectivity index (χ1n) is 6.42. The average Bonchev–Trinajstić information content (AvgIpc) is 2.16. The lowest BCUT2D eigenvalue weighted by Gasteiger charge is -2.20. The topological polar surface area (TPSA) is 24.5 Å². The summed E-state index contributed by atoms with van der Waals surface area (Å²) < 4.78 is 5.31. The zero-order valence-electron chi connectivity index (χ0n) is 11.8. The normalized spacial score (nSPS) is 12.4. The van der Waals surface area contributed by atoms with E-state index in [-0.39, 0.29) is 0 Å². The van der Waals surface area contributed by atoms with E-state index in [1.807, 2.05) is 6.92 Å². The van der Waals surface area contributed by atoms with Crippen molar-refractivity contribution in [2.45, 2.75) is 34.1 Å². The van der Waals surface area contributed by atoms with Crippen molar-refractivity contribution in [3.63, 3.8) is 0 Å². The van der Waals surface area contributed by atoms with Crippen LogP contribution >= 0.6 is 0 Å². The number of likely N-dealkylation sites (N-methyl/N-ethyl adjacent to an activating group) is 1. The second-order valence-corrected chi connectivity index (χ2v) is 5.56. The largest absolute Gasteiger partial charge is 0.380 e. The van der Waals surface area contributed by atoms with Gasteiger partial charge in [-0.15, -0.1) is 0 Å². The summed E-state index contributed by atoms with van der Waals surface area (Å²) >= 11 is 0. The molecular weight excluding hydrogens is 200 g/mol. The van der Waals surface area contributed by atoms with Gasteiger partial charge in [-0.25, -0.2) is 0 Å². The molecule has 0 amide bonds. The Hall–Kier alpha value is -0.120. The second-order valence-electron chi connectivity index (χ2n) is 5.56. The summed E-state index contributed by atoms with van der Waals surface area (Å²) in [6.45, 7) is 14.8. The molecule has 0 aromatic heterocycles. The average molecular weight is 230 g/mol. The molecule has 0 aromatic carbocycles. The highest BCUT2D eigenvalue weighted by Crippen LogP contribution is 2.16. The molecule has 0 saturated carbocycles. The van der Waals surface area contributed by atoms with Crippen LogP contribution in [0.1, 0.15) is 34.1 Å². The van der Waals surface area contributed by atoms with Gasteiger partial charge in [0.05, 0.1) is 6.61 Å². The Kier molecular flexibility index (Phi) is 8.90. The Morgan fingerprint density at radius 2 is 1.81 bits per heavy atom. The molecule has 0 aromatic rings. The van der Waals surface area contributed by atoms with E-state index >= 15 is 0 Å². The van der Waals surface area contributed by atoms with Crippen molar-refractivity contribution in [3.8, 4) is 0 Å². The summed E-state index contributed by atoms with van der Waals surface area (Å²) in [6, 6.07) is 0. The fourth-order valence-corrected chi connectivity index (χ4v) is 1.33. The first kappa shape index (κ1) is 15.9. The van der Waals surface area contributed by atoms with Crippen LogP contribution in [-0.2, 0) is 4.74 Å². The van der Waals surface area contributed by atoms with Crippen molar-refractivity contribution in [1.29, 1.82) is 0 Å². The summed E-state index contributed by atoms with van der Waals surface area (Å²) in [5.41, 5.74) is 0.438. The lowest BCUT2D eigenvalue weighted by molar-refractivity contribution is 0.122. The molecule has 0 aliphatic rings. The van der Waals surface area contributed by atoms with Crippen LogP contribution in [0.25, 0.3) is 0 Å². The standard InChI is InChI=1S/C13H30N2O/c1-6-16-12-11-15(5)10-9-14-8-7-13(2,3)4/h14H,6-12H2,1-5H3. The molecule has 0 atom stereocenters. The number of hydrogen-bond donors (Lipinski definition) is 1. The summed E-state index contributed by atoms with van der Waals surface area (Å²) in [5.74, 6) is 0. The quantitative estimate of drug-likeness (QED) is 0.613. The Balaban J connectivity index is 3.24. The third-order valence-electron chi connectivity index (χ3n) is 2.54. The van der Waals surface area contributed by atoms with E-state index in [0.29, 0.717) is 5.41 Å². The number of nitrogens with zero attached hydrogens (tertiary/aromatic N) is 1. The number of ether oxygens (including phenoxy) is 1. The molecule has 0 bridgehead atoms. The van der Waals surface area contributed by atoms with E-state index in [0.717, 1.165) is 39.4 Å². The molecule has 98 valence electrons. The summed E-state index contributed by atoms with van der Waals surface area (Å²) in [4.78, 5) is 2.31. The molecule has 0 rings (SSSR count). The third-order valence-corrected chi connectivity index (χ3v) is 2.54. The molecule has 3 nitrogen and oxygen atoms in total. The summed E-state index contributed by atoms with van der Waals surface area (Å²) in [6.07, 6.45) is 1.23. The molecule has 0 aliphatic heterocycles. The molecule has 0 fully saturated rings. The molecule has 0 heterocycles. The van der Waals surface area contributed by atoms with Gasteiger partial charge in [-0.05, 0) is 32.4 Å². The molecular formula is C13H30N2O. The van der Waals surface area contributed by atoms with Crippen LogP contribution in [0.5, 0.6) is 0 Å². The minimum Gasteiger partial charge on any atom is -0.380 e. The predicted molar refractivity (Wildman–Crippen MR) is 70.9 cm³/mol. The van der Waals surface area contributed by atoms with Gasteiger partial charge in [-0.3, -0.25) is 0 Å². The molecule has 0 aliphatic carbocycles. The summed E-state index contributed by atoms with van der Waals surface area (Å²) in [7, 11) is 2.14. The molecule has 0 radical (unpaired) electrons. The van der Waals surface area contributed by atoms with E-state index in [9.17, 15) is 0 Å². The maximum absolute atomic E-state index is 5.31. The highest BCUT2D eigenvalue weighted by Gasteiger charge is 2.08. The molecule has 0 spiro atoms. The molecule has 1 N–H and O–H groups in total. The first-order chi connectivity index (χ1) is 7.45. The molecule has 0 saturated heterocycles. The highest BCUT2D eigenvalue weighted by molar-refractivity contribution is 4.63. The fourth-order valence-electron chi connectivity index (χ4n) is 1.33. The van der Waals surface area contributed by atoms with Crippen LogP contribution in [0.2, 0.25) is 0 Å². The van der Waals surface area contributed by atoms with Crippen LogP contribution in [0.15, 0.2) is 0 Å². The number of hydrogen-bond acceptors (Lipinski definition) is 3. The maximum atomic E-state index is 5.31. The lowest BCUT2D eigenvalue weighted by atomic mass is 9.92. The van der Waals surface area contributed by atoms with E-state index in [1.165, 1.54) is 6.42 Å². The molecule has 0 unspecified atom stereocenters. The van der Waals surface area contributed by atoms with Crippen LogP contribution in [0, 0.1) is 5.41 Å². The monoisotopic (exact) mass is 230 g/mol. The van der Waals surface area contributed by atoms with Crippen LogP contribution in [-0.4, -0.2) is 51.3 Å². The minimum atomic E-state index is 0.438. The van der Waals surface area contributed by atoms with Crippen molar-refractivity contribution in [2.75, 3.05) is 46.4 Å². The van der Waals surface area contributed by atoms with Gasteiger partial charge in [0, 0.05) is 26.2 Å². The van der Waals surface area contributed by atoms with E-state index in [1.54, 1.807) is 0 Å². The van der Waals surface area contributed by atoms with Crippen LogP contribution in [0.3, 0.4) is 0 Å². The zero-order chi connectivity index (χ0) is 12.4. The third kappa shape index (κ3) is 12.0. The second kappa shape index (κ2) is 8.97. The van der Waals surface area contributed by atoms with Crippen molar-refractivity contribution in [1.82, 2.24) is 10.2 Å². The van der Waals surface area contributed by atoms with Gasteiger partial charge in [0.2, 0.25) is 0 Å². The van der Waals surface area contributed by atoms with Gasteiger partial charge in [-0.1, -0.05) is 20.8 Å². The van der Waals surface area contributed by atoms with E-state index in [4.69, 9.17) is 4.74 Å². The fraction of sp³-hybridized carbons (Fsp3) is 1.00. The van der Waals surface area contributed by atoms with Gasteiger partial charge in [0.15, 0.2) is 0 Å². The smallest absolute Gasteiger partial charge is 0.0593 e. The molecule has 16 heavy (non-hydrogen) atoms. The van der Waals surface area contributed by atoms with Gasteiger partial charge in [0.25, 0.3) is 0 Å². The SMILES string of the molecule is CCOCCN(C)CCNCCC(C)(C)C. The Bertz CT molecular complexity index is 155. The Morgan fingerprint density at radius 3 is 2.38 bits per heavy atom. The zero-order valence-corrected chi connectivity index (χ0v) is 11.8. The van der Waals surface area contributed by atoms with Gasteiger partial charge in [0.1, 0.15) is 0 Å². The van der Waals surface area contributed by atoms with Gasteiger partial charge >= 0.3 is 0 Å². The van der Waals surface area contributed by atoms with E-state index < -0.39 is 0 Å². The predicted octanol–water partition coefficient (Wildman–Crippen LogP) is 1.98. The first-order valence-corrected chi connectivity index (χ1v) is 6.42. The van der Waals surface area contributed by atoms with Crippen molar-refractivity contribution in [2.24, 2.45) is 5.41 Å². The lowest BCUT2D eigenvalue weighted by Crippen LogP contribution is -2.32. The Morgan fingerprint density at radius 1 is 1.12 bits per heavy atom. The summed E-state index contributed by atoms with van der Waals surface area (Å²) in [5, 5.41) is 3.48. The maximum Gasteiger partial charge on any atom is 0.0593 e. The van der Waals surface area contributed by atoms with Crippen molar-refractivity contribution in [3.05, 3.63) is 0 Å². The number of nitrogens with one attached hydrogen (secondary N) is 1. The van der Waals surface area contributed by atoms with Gasteiger partial charge in [-0.2, -0.15) is 0 Å². The van der Waals surface area contributed by atoms with Crippen LogP contribution < -0.4 is 5.32 Å². The van der Waals surface area contributed by atoms with Crippen LogP contribution in [0.4, 0.5) is 0 Å². The molecule has 3 heteroatoms. The Labute approximate surface area is 102 Å². The number of rotatable bonds is 9. The van der Waals surface area contributed by atoms with Crippen molar-refractivity contribution >= 4 is 0 Å². The minimum absolute atomic E-state index is 0.438. The van der Waals surface area contributed by atoms with Crippen molar-refractivity contribution < 1.29 is 4.74 Å². The van der Waals surface area contributed by atoms with Gasteiger partial charge < -0.3 is 15.0 Å². The highest BCUT2D eigenvalue weighted by atomic mass is 16.5. The van der Waals surface area contributed by atoms with E-state index in [2.05, 4.69) is 38.0 Å².